The second-order valence-corrected chi connectivity index (χ2v) is 8.87. The van der Waals surface area contributed by atoms with E-state index in [0.29, 0.717) is 12.3 Å². The maximum atomic E-state index is 12.1. The Bertz CT molecular complexity index is 633. The van der Waals surface area contributed by atoms with Gasteiger partial charge in [0.1, 0.15) is 0 Å². The van der Waals surface area contributed by atoms with E-state index in [0.717, 1.165) is 11.0 Å². The first-order chi connectivity index (χ1) is 11.3. The molecule has 5 nitrogen and oxygen atoms in total. The van der Waals surface area contributed by atoms with Crippen LogP contribution in [0, 0.1) is 12.3 Å². The van der Waals surface area contributed by atoms with Gasteiger partial charge in [-0.1, -0.05) is 32.9 Å². The van der Waals surface area contributed by atoms with Gasteiger partial charge in [-0.05, 0) is 57.1 Å². The number of rotatable bonds is 3. The van der Waals surface area contributed by atoms with Crippen molar-refractivity contribution in [1.82, 2.24) is 0 Å². The van der Waals surface area contributed by atoms with Gasteiger partial charge in [-0.3, -0.25) is 5.32 Å². The molecule has 1 aliphatic rings. The average molecular weight is 347 g/mol. The molecule has 0 saturated carbocycles. The fraction of sp³-hybridized carbons (Fsp3) is 0.632. The number of benzene rings is 1. The van der Waals surface area contributed by atoms with Gasteiger partial charge in [-0.2, -0.15) is 0 Å². The Labute approximate surface area is 151 Å². The summed E-state index contributed by atoms with van der Waals surface area (Å²) < 4.78 is 17.5. The van der Waals surface area contributed by atoms with Crippen molar-refractivity contribution >= 4 is 24.4 Å². The van der Waals surface area contributed by atoms with Crippen molar-refractivity contribution in [2.24, 2.45) is 5.41 Å². The van der Waals surface area contributed by atoms with Gasteiger partial charge in [0, 0.05) is 5.69 Å². The molecule has 0 unspecified atom stereocenters. The Hall–Kier alpha value is -1.53. The zero-order chi connectivity index (χ0) is 19.0. The molecule has 1 amide bonds. The second kappa shape index (κ2) is 6.65. The molecule has 1 aromatic carbocycles. The predicted molar refractivity (Wildman–Crippen MR) is 101 cm³/mol. The molecule has 0 aliphatic carbocycles. The average Bonchev–Trinajstić information content (AvgIpc) is 2.66. The summed E-state index contributed by atoms with van der Waals surface area (Å²) in [7, 11) is -0.461. The summed E-state index contributed by atoms with van der Waals surface area (Å²) >= 11 is 0. The van der Waals surface area contributed by atoms with E-state index in [2.05, 4.69) is 5.32 Å². The molecule has 1 saturated heterocycles. The van der Waals surface area contributed by atoms with Crippen LogP contribution in [0.3, 0.4) is 0 Å². The molecule has 1 aliphatic heterocycles. The van der Waals surface area contributed by atoms with Crippen molar-refractivity contribution < 1.29 is 18.8 Å². The van der Waals surface area contributed by atoms with Crippen LogP contribution in [-0.2, 0) is 14.0 Å². The maximum Gasteiger partial charge on any atom is 0.495 e. The van der Waals surface area contributed by atoms with Crippen LogP contribution < -0.4 is 10.8 Å². The summed E-state index contributed by atoms with van der Waals surface area (Å²) in [5.74, 6) is 0. The molecular weight excluding hydrogens is 317 g/mol. The van der Waals surface area contributed by atoms with E-state index in [4.69, 9.17) is 14.0 Å². The molecule has 1 N–H and O–H groups in total. The van der Waals surface area contributed by atoms with Gasteiger partial charge in [0.25, 0.3) is 0 Å². The Kier molecular flexibility index (Phi) is 5.27. The molecule has 0 atom stereocenters. The smallest absolute Gasteiger partial charge is 0.449 e. The molecule has 2 rings (SSSR count). The maximum absolute atomic E-state index is 12.1. The SMILES string of the molecule is Cc1c(NC(=O)OCC(C)(C)C)cccc1B1OC(C)(C)C(C)(C)O1. The van der Waals surface area contributed by atoms with Crippen molar-refractivity contribution in [3.8, 4) is 0 Å². The number of hydrogen-bond donors (Lipinski definition) is 1. The van der Waals surface area contributed by atoms with Crippen LogP contribution in [0.2, 0.25) is 0 Å². The van der Waals surface area contributed by atoms with Crippen LogP contribution >= 0.6 is 0 Å². The minimum absolute atomic E-state index is 0.0725. The third-order valence-electron chi connectivity index (χ3n) is 4.76. The monoisotopic (exact) mass is 347 g/mol. The Balaban J connectivity index is 2.14. The van der Waals surface area contributed by atoms with Gasteiger partial charge >= 0.3 is 13.2 Å². The number of carbonyl (C=O) groups excluding carboxylic acids is 1. The van der Waals surface area contributed by atoms with Crippen LogP contribution in [0.5, 0.6) is 0 Å². The quantitative estimate of drug-likeness (QED) is 0.843. The summed E-state index contributed by atoms with van der Waals surface area (Å²) in [5.41, 5.74) is 1.64. The van der Waals surface area contributed by atoms with Crippen LogP contribution in [-0.4, -0.2) is 31.0 Å². The Morgan fingerprint density at radius 1 is 1.16 bits per heavy atom. The van der Waals surface area contributed by atoms with Crippen LogP contribution in [0.1, 0.15) is 54.0 Å². The third kappa shape index (κ3) is 4.56. The van der Waals surface area contributed by atoms with Gasteiger partial charge in [0.05, 0.1) is 17.8 Å². The molecule has 0 bridgehead atoms. The van der Waals surface area contributed by atoms with Crippen molar-refractivity contribution in [3.63, 3.8) is 0 Å². The number of hydrogen-bond acceptors (Lipinski definition) is 4. The number of amides is 1. The van der Waals surface area contributed by atoms with Crippen LogP contribution in [0.15, 0.2) is 18.2 Å². The van der Waals surface area contributed by atoms with Crippen LogP contribution in [0.25, 0.3) is 0 Å². The summed E-state index contributed by atoms with van der Waals surface area (Å²) in [5, 5.41) is 2.82. The lowest BCUT2D eigenvalue weighted by atomic mass is 9.76. The zero-order valence-electron chi connectivity index (χ0n) is 16.6. The number of anilines is 1. The highest BCUT2D eigenvalue weighted by Gasteiger charge is 2.52. The Morgan fingerprint density at radius 3 is 2.24 bits per heavy atom. The van der Waals surface area contributed by atoms with Gasteiger partial charge in [0.15, 0.2) is 0 Å². The van der Waals surface area contributed by atoms with Crippen molar-refractivity contribution in [1.29, 1.82) is 0 Å². The van der Waals surface area contributed by atoms with Gasteiger partial charge < -0.3 is 14.0 Å². The lowest BCUT2D eigenvalue weighted by molar-refractivity contribution is 0.00578. The van der Waals surface area contributed by atoms with E-state index in [1.807, 2.05) is 73.6 Å². The molecule has 6 heteroatoms. The topological polar surface area (TPSA) is 56.8 Å². The number of nitrogens with one attached hydrogen (secondary N) is 1. The lowest BCUT2D eigenvalue weighted by Crippen LogP contribution is -2.41. The van der Waals surface area contributed by atoms with Crippen molar-refractivity contribution in [2.75, 3.05) is 11.9 Å². The minimum atomic E-state index is -0.461. The van der Waals surface area contributed by atoms with E-state index in [1.165, 1.54) is 0 Å². The second-order valence-electron chi connectivity index (χ2n) is 8.87. The predicted octanol–water partition coefficient (Wildman–Crippen LogP) is 3.89. The van der Waals surface area contributed by atoms with Gasteiger partial charge in [-0.15, -0.1) is 0 Å². The van der Waals surface area contributed by atoms with E-state index >= 15 is 0 Å². The van der Waals surface area contributed by atoms with Crippen molar-refractivity contribution in [3.05, 3.63) is 23.8 Å². The van der Waals surface area contributed by atoms with Gasteiger partial charge in [0.2, 0.25) is 0 Å². The van der Waals surface area contributed by atoms with E-state index in [9.17, 15) is 4.79 Å². The molecule has 138 valence electrons. The normalized spacial score (nSPS) is 19.0. The van der Waals surface area contributed by atoms with E-state index in [-0.39, 0.29) is 5.41 Å². The largest absolute Gasteiger partial charge is 0.495 e. The lowest BCUT2D eigenvalue weighted by Gasteiger charge is -2.32. The molecular formula is C19H30BNO4. The summed E-state index contributed by atoms with van der Waals surface area (Å²) in [6.45, 7) is 16.4. The van der Waals surface area contributed by atoms with Crippen molar-refractivity contribution in [2.45, 2.75) is 66.6 Å². The molecule has 0 spiro atoms. The summed E-state index contributed by atoms with van der Waals surface area (Å²) in [6.07, 6.45) is -0.455. The van der Waals surface area contributed by atoms with Crippen LogP contribution in [0.4, 0.5) is 10.5 Å². The first-order valence-corrected chi connectivity index (χ1v) is 8.71. The summed E-state index contributed by atoms with van der Waals surface area (Å²) in [6, 6.07) is 5.69. The van der Waals surface area contributed by atoms with E-state index in [1.54, 1.807) is 0 Å². The highest BCUT2D eigenvalue weighted by molar-refractivity contribution is 6.62. The van der Waals surface area contributed by atoms with E-state index < -0.39 is 24.4 Å². The third-order valence-corrected chi connectivity index (χ3v) is 4.76. The fourth-order valence-corrected chi connectivity index (χ4v) is 2.44. The molecule has 1 fully saturated rings. The number of carbonyl (C=O) groups is 1. The first kappa shape index (κ1) is 19.8. The highest BCUT2D eigenvalue weighted by atomic mass is 16.7. The molecule has 25 heavy (non-hydrogen) atoms. The highest BCUT2D eigenvalue weighted by Crippen LogP contribution is 2.37. The Morgan fingerprint density at radius 2 is 1.72 bits per heavy atom. The fourth-order valence-electron chi connectivity index (χ4n) is 2.44. The standard InChI is InChI=1S/C19H30BNO4/c1-13-14(20-24-18(5,6)19(7,8)25-20)10-9-11-15(13)21-16(22)23-12-17(2,3)4/h9-11H,12H2,1-8H3,(H,21,22). The molecule has 1 heterocycles. The zero-order valence-corrected chi connectivity index (χ0v) is 16.6. The molecule has 1 aromatic rings. The molecule has 0 aromatic heterocycles. The first-order valence-electron chi connectivity index (χ1n) is 8.71. The minimum Gasteiger partial charge on any atom is -0.449 e. The molecule has 0 radical (unpaired) electrons. The van der Waals surface area contributed by atoms with Gasteiger partial charge in [-0.25, -0.2) is 4.79 Å². The summed E-state index contributed by atoms with van der Waals surface area (Å²) in [4.78, 5) is 12.1. The number of ether oxygens (including phenoxy) is 1.